The van der Waals surface area contributed by atoms with Crippen LogP contribution in [-0.4, -0.2) is 39.2 Å². The first-order valence-corrected chi connectivity index (χ1v) is 4.11. The molecule has 0 aromatic rings. The molecule has 1 atom stereocenters. The Morgan fingerprint density at radius 2 is 2.42 bits per heavy atom. The standard InChI is InChI=1S/C9H15NO2/c1-8-3-4-10-7-9(8)12-6-5-11-2/h3-4,9H,5-7H2,1-2H3. The Balaban J connectivity index is 2.24. The van der Waals surface area contributed by atoms with Crippen LogP contribution >= 0.6 is 0 Å². The van der Waals surface area contributed by atoms with Gasteiger partial charge in [0.2, 0.25) is 0 Å². The molecule has 68 valence electrons. The lowest BCUT2D eigenvalue weighted by molar-refractivity contribution is 0.0382. The van der Waals surface area contributed by atoms with Gasteiger partial charge < -0.3 is 9.47 Å². The van der Waals surface area contributed by atoms with E-state index in [0.29, 0.717) is 13.2 Å². The third-order valence-electron chi connectivity index (χ3n) is 1.83. The summed E-state index contributed by atoms with van der Waals surface area (Å²) in [4.78, 5) is 4.12. The maximum absolute atomic E-state index is 5.53. The molecule has 1 aliphatic heterocycles. The molecule has 3 nitrogen and oxygen atoms in total. The second-order valence-electron chi connectivity index (χ2n) is 2.78. The molecule has 0 bridgehead atoms. The van der Waals surface area contributed by atoms with Crippen LogP contribution in [0.3, 0.4) is 0 Å². The summed E-state index contributed by atoms with van der Waals surface area (Å²) in [6.45, 7) is 4.09. The molecule has 0 N–H and O–H groups in total. The summed E-state index contributed by atoms with van der Waals surface area (Å²) in [5.41, 5.74) is 1.24. The third-order valence-corrected chi connectivity index (χ3v) is 1.83. The average molecular weight is 169 g/mol. The maximum Gasteiger partial charge on any atom is 0.0982 e. The molecule has 0 fully saturated rings. The van der Waals surface area contributed by atoms with E-state index in [1.807, 2.05) is 12.3 Å². The van der Waals surface area contributed by atoms with Crippen molar-refractivity contribution in [2.24, 2.45) is 4.99 Å². The summed E-state index contributed by atoms with van der Waals surface area (Å²) >= 11 is 0. The third kappa shape index (κ3) is 2.75. The summed E-state index contributed by atoms with van der Waals surface area (Å²) in [7, 11) is 1.67. The maximum atomic E-state index is 5.53. The molecular formula is C9H15NO2. The van der Waals surface area contributed by atoms with Crippen LogP contribution in [0.2, 0.25) is 0 Å². The van der Waals surface area contributed by atoms with E-state index in [1.165, 1.54) is 5.57 Å². The Bertz CT molecular complexity index is 187. The molecule has 0 aromatic heterocycles. The summed E-state index contributed by atoms with van der Waals surface area (Å²) in [6, 6.07) is 0. The summed E-state index contributed by atoms with van der Waals surface area (Å²) in [6.07, 6.45) is 3.97. The molecule has 1 aliphatic rings. The monoisotopic (exact) mass is 169 g/mol. The van der Waals surface area contributed by atoms with Gasteiger partial charge in [-0.25, -0.2) is 0 Å². The Hall–Kier alpha value is -0.670. The molecule has 1 rings (SSSR count). The van der Waals surface area contributed by atoms with Crippen LogP contribution in [0.15, 0.2) is 16.6 Å². The van der Waals surface area contributed by atoms with Crippen LogP contribution < -0.4 is 0 Å². The average Bonchev–Trinajstić information content (AvgIpc) is 2.09. The number of rotatable bonds is 4. The van der Waals surface area contributed by atoms with E-state index >= 15 is 0 Å². The summed E-state index contributed by atoms with van der Waals surface area (Å²) < 4.78 is 10.4. The first-order valence-electron chi connectivity index (χ1n) is 4.11. The number of methoxy groups -OCH3 is 1. The highest BCUT2D eigenvalue weighted by Crippen LogP contribution is 2.09. The second kappa shape index (κ2) is 5.06. The zero-order valence-electron chi connectivity index (χ0n) is 7.62. The number of allylic oxidation sites excluding steroid dienone is 1. The van der Waals surface area contributed by atoms with E-state index in [1.54, 1.807) is 7.11 Å². The van der Waals surface area contributed by atoms with Crippen molar-refractivity contribution in [2.45, 2.75) is 13.0 Å². The molecule has 0 aliphatic carbocycles. The van der Waals surface area contributed by atoms with Crippen LogP contribution in [0.1, 0.15) is 6.92 Å². The molecule has 0 spiro atoms. The quantitative estimate of drug-likeness (QED) is 0.589. The molecule has 0 saturated carbocycles. The van der Waals surface area contributed by atoms with Crippen molar-refractivity contribution < 1.29 is 9.47 Å². The number of aliphatic imine (C=N–C) groups is 1. The van der Waals surface area contributed by atoms with Gasteiger partial charge in [-0.3, -0.25) is 4.99 Å². The Labute approximate surface area is 73.1 Å². The lowest BCUT2D eigenvalue weighted by Gasteiger charge is -2.18. The van der Waals surface area contributed by atoms with Crippen LogP contribution in [-0.2, 0) is 9.47 Å². The lowest BCUT2D eigenvalue weighted by Crippen LogP contribution is -2.22. The molecule has 12 heavy (non-hydrogen) atoms. The summed E-state index contributed by atoms with van der Waals surface area (Å²) in [5, 5.41) is 0. The van der Waals surface area contributed by atoms with E-state index in [4.69, 9.17) is 9.47 Å². The van der Waals surface area contributed by atoms with Crippen molar-refractivity contribution in [3.63, 3.8) is 0 Å². The number of dihydropyridines is 1. The predicted molar refractivity (Wildman–Crippen MR) is 48.7 cm³/mol. The van der Waals surface area contributed by atoms with E-state index in [0.717, 1.165) is 6.54 Å². The first-order chi connectivity index (χ1) is 5.84. The lowest BCUT2D eigenvalue weighted by atomic mass is 10.1. The van der Waals surface area contributed by atoms with Crippen molar-refractivity contribution in [2.75, 3.05) is 26.9 Å². The molecule has 3 heteroatoms. The number of nitrogens with zero attached hydrogens (tertiary/aromatic N) is 1. The van der Waals surface area contributed by atoms with Crippen molar-refractivity contribution in [3.05, 3.63) is 11.6 Å². The number of hydrogen-bond donors (Lipinski definition) is 0. The smallest absolute Gasteiger partial charge is 0.0982 e. The zero-order valence-corrected chi connectivity index (χ0v) is 7.62. The van der Waals surface area contributed by atoms with E-state index in [2.05, 4.69) is 11.9 Å². The highest BCUT2D eigenvalue weighted by atomic mass is 16.5. The summed E-state index contributed by atoms with van der Waals surface area (Å²) in [5.74, 6) is 0. The topological polar surface area (TPSA) is 30.8 Å². The van der Waals surface area contributed by atoms with E-state index in [9.17, 15) is 0 Å². The van der Waals surface area contributed by atoms with Gasteiger partial charge in [-0.15, -0.1) is 0 Å². The minimum absolute atomic E-state index is 0.158. The van der Waals surface area contributed by atoms with Gasteiger partial charge in [0.15, 0.2) is 0 Å². The molecule has 0 radical (unpaired) electrons. The van der Waals surface area contributed by atoms with Crippen LogP contribution in [0, 0.1) is 0 Å². The Kier molecular flexibility index (Phi) is 3.97. The fourth-order valence-corrected chi connectivity index (χ4v) is 1.04. The van der Waals surface area contributed by atoms with Gasteiger partial charge in [-0.05, 0) is 18.6 Å². The largest absolute Gasteiger partial charge is 0.382 e. The van der Waals surface area contributed by atoms with Gasteiger partial charge in [-0.2, -0.15) is 0 Å². The zero-order chi connectivity index (χ0) is 8.81. The van der Waals surface area contributed by atoms with Crippen LogP contribution in [0.25, 0.3) is 0 Å². The highest BCUT2D eigenvalue weighted by molar-refractivity contribution is 5.73. The fourth-order valence-electron chi connectivity index (χ4n) is 1.04. The molecule has 0 aromatic carbocycles. The SMILES string of the molecule is COCCOC1CN=CC=C1C. The van der Waals surface area contributed by atoms with Crippen molar-refractivity contribution in [1.82, 2.24) is 0 Å². The van der Waals surface area contributed by atoms with E-state index in [-0.39, 0.29) is 6.10 Å². The van der Waals surface area contributed by atoms with Gasteiger partial charge in [0.1, 0.15) is 0 Å². The molecular weight excluding hydrogens is 154 g/mol. The van der Waals surface area contributed by atoms with Crippen LogP contribution in [0.4, 0.5) is 0 Å². The predicted octanol–water partition coefficient (Wildman–Crippen LogP) is 1.05. The Morgan fingerprint density at radius 3 is 3.08 bits per heavy atom. The van der Waals surface area contributed by atoms with Gasteiger partial charge in [0, 0.05) is 13.3 Å². The minimum Gasteiger partial charge on any atom is -0.382 e. The first kappa shape index (κ1) is 9.42. The van der Waals surface area contributed by atoms with Gasteiger partial charge in [-0.1, -0.05) is 0 Å². The molecule has 1 unspecified atom stereocenters. The van der Waals surface area contributed by atoms with E-state index < -0.39 is 0 Å². The second-order valence-corrected chi connectivity index (χ2v) is 2.78. The molecule has 0 saturated heterocycles. The Morgan fingerprint density at radius 1 is 1.58 bits per heavy atom. The van der Waals surface area contributed by atoms with Crippen molar-refractivity contribution >= 4 is 6.21 Å². The van der Waals surface area contributed by atoms with Crippen molar-refractivity contribution in [3.8, 4) is 0 Å². The van der Waals surface area contributed by atoms with Crippen molar-refractivity contribution in [1.29, 1.82) is 0 Å². The number of ether oxygens (including phenoxy) is 2. The normalized spacial score (nSPS) is 22.5. The van der Waals surface area contributed by atoms with Gasteiger partial charge in [0.05, 0.1) is 25.9 Å². The van der Waals surface area contributed by atoms with Crippen LogP contribution in [0.5, 0.6) is 0 Å². The molecule has 1 heterocycles. The molecule has 0 amide bonds. The van der Waals surface area contributed by atoms with Gasteiger partial charge in [0.25, 0.3) is 0 Å². The van der Waals surface area contributed by atoms with Gasteiger partial charge >= 0.3 is 0 Å². The highest BCUT2D eigenvalue weighted by Gasteiger charge is 2.11. The minimum atomic E-state index is 0.158. The number of hydrogen-bond acceptors (Lipinski definition) is 3. The fraction of sp³-hybridized carbons (Fsp3) is 0.667.